The molecule has 0 radical (unpaired) electrons. The molecule has 148 valence electrons. The predicted molar refractivity (Wildman–Crippen MR) is 108 cm³/mol. The van der Waals surface area contributed by atoms with Crippen LogP contribution in [0, 0.1) is 12.8 Å². The van der Waals surface area contributed by atoms with Gasteiger partial charge in [-0.1, -0.05) is 41.5 Å². The highest BCUT2D eigenvalue weighted by molar-refractivity contribution is 5.96. The topological polar surface area (TPSA) is 88.3 Å². The number of nitrogens with zero attached hydrogens (tertiary/aromatic N) is 3. The summed E-state index contributed by atoms with van der Waals surface area (Å²) in [4.78, 5) is 27.1. The Balaban J connectivity index is 1.33. The van der Waals surface area contributed by atoms with Crippen molar-refractivity contribution < 1.29 is 14.0 Å². The molecule has 2 aromatic carbocycles. The van der Waals surface area contributed by atoms with Gasteiger partial charge in [-0.05, 0) is 43.5 Å². The van der Waals surface area contributed by atoms with Gasteiger partial charge in [0.2, 0.25) is 11.8 Å². The number of rotatable bonds is 4. The monoisotopic (exact) mass is 390 g/mol. The van der Waals surface area contributed by atoms with Crippen LogP contribution in [-0.4, -0.2) is 40.0 Å². The molecule has 1 aliphatic rings. The number of amides is 2. The molecule has 4 rings (SSSR count). The molecule has 0 saturated carbocycles. The van der Waals surface area contributed by atoms with Crippen LogP contribution in [0.25, 0.3) is 11.5 Å². The zero-order chi connectivity index (χ0) is 20.2. The lowest BCUT2D eigenvalue weighted by molar-refractivity contribution is -0.121. The third-order valence-corrected chi connectivity index (χ3v) is 5.20. The summed E-state index contributed by atoms with van der Waals surface area (Å²) in [5, 5.41) is 10.6. The molecule has 7 heteroatoms. The molecule has 0 atom stereocenters. The summed E-state index contributed by atoms with van der Waals surface area (Å²) in [6.45, 7) is 3.02. The van der Waals surface area contributed by atoms with E-state index in [4.69, 9.17) is 4.42 Å². The van der Waals surface area contributed by atoms with Crippen molar-refractivity contribution in [3.8, 4) is 11.5 Å². The normalized spacial score (nSPS) is 14.6. The molecular weight excluding hydrogens is 368 g/mol. The van der Waals surface area contributed by atoms with Crippen LogP contribution in [0.2, 0.25) is 0 Å². The summed E-state index contributed by atoms with van der Waals surface area (Å²) in [7, 11) is 0. The van der Waals surface area contributed by atoms with Crippen LogP contribution in [0.3, 0.4) is 0 Å². The fourth-order valence-electron chi connectivity index (χ4n) is 3.51. The van der Waals surface area contributed by atoms with E-state index in [0.29, 0.717) is 31.8 Å². The molecule has 0 unspecified atom stereocenters. The molecule has 0 spiro atoms. The van der Waals surface area contributed by atoms with Gasteiger partial charge >= 0.3 is 6.01 Å². The maximum Gasteiger partial charge on any atom is 0.322 e. The van der Waals surface area contributed by atoms with Crippen LogP contribution in [0.5, 0.6) is 0 Å². The van der Waals surface area contributed by atoms with Crippen molar-refractivity contribution >= 4 is 17.8 Å². The second-order valence-electron chi connectivity index (χ2n) is 7.15. The maximum absolute atomic E-state index is 12.7. The minimum atomic E-state index is -0.192. The lowest BCUT2D eigenvalue weighted by atomic mass is 9.95. The number of carbonyl (C=O) groups is 2. The summed E-state index contributed by atoms with van der Waals surface area (Å²) in [5.41, 5.74) is 2.47. The highest BCUT2D eigenvalue weighted by atomic mass is 16.4. The van der Waals surface area contributed by atoms with Crippen LogP contribution >= 0.6 is 0 Å². The largest absolute Gasteiger partial charge is 0.403 e. The van der Waals surface area contributed by atoms with Gasteiger partial charge in [0, 0.05) is 30.1 Å². The van der Waals surface area contributed by atoms with Gasteiger partial charge in [-0.15, -0.1) is 5.10 Å². The van der Waals surface area contributed by atoms with Crippen LogP contribution in [0.1, 0.15) is 28.8 Å². The minimum absolute atomic E-state index is 0.0198. The predicted octanol–water partition coefficient (Wildman–Crippen LogP) is 3.54. The van der Waals surface area contributed by atoms with Crippen LogP contribution < -0.4 is 5.32 Å². The first-order valence-corrected chi connectivity index (χ1v) is 9.66. The molecule has 1 aromatic heterocycles. The van der Waals surface area contributed by atoms with Gasteiger partial charge in [0.05, 0.1) is 0 Å². The van der Waals surface area contributed by atoms with Gasteiger partial charge in [-0.2, -0.15) is 0 Å². The van der Waals surface area contributed by atoms with Gasteiger partial charge in [0.1, 0.15) is 0 Å². The first-order chi connectivity index (χ1) is 14.1. The first kappa shape index (κ1) is 18.9. The SMILES string of the molecule is Cc1ccccc1C(=O)N1CCC(C(=O)Nc2nnc(-c3ccccc3)o2)CC1. The lowest BCUT2D eigenvalue weighted by Crippen LogP contribution is -2.41. The second-order valence-corrected chi connectivity index (χ2v) is 7.15. The Morgan fingerprint density at radius 3 is 2.41 bits per heavy atom. The number of aromatic nitrogens is 2. The van der Waals surface area contributed by atoms with Crippen molar-refractivity contribution in [2.75, 3.05) is 18.4 Å². The summed E-state index contributed by atoms with van der Waals surface area (Å²) < 4.78 is 5.54. The Bertz CT molecular complexity index is 1010. The van der Waals surface area contributed by atoms with Crippen molar-refractivity contribution in [2.24, 2.45) is 5.92 Å². The molecule has 29 heavy (non-hydrogen) atoms. The summed E-state index contributed by atoms with van der Waals surface area (Å²) in [5.74, 6) is 0.0326. The highest BCUT2D eigenvalue weighted by Gasteiger charge is 2.29. The van der Waals surface area contributed by atoms with Crippen LogP contribution in [-0.2, 0) is 4.79 Å². The summed E-state index contributed by atoms with van der Waals surface area (Å²) in [6.07, 6.45) is 1.20. The number of nitrogens with one attached hydrogen (secondary N) is 1. The molecule has 2 heterocycles. The third-order valence-electron chi connectivity index (χ3n) is 5.20. The maximum atomic E-state index is 12.7. The van der Waals surface area contributed by atoms with E-state index in [9.17, 15) is 9.59 Å². The molecule has 0 aliphatic carbocycles. The number of hydrogen-bond acceptors (Lipinski definition) is 5. The van der Waals surface area contributed by atoms with Crippen LogP contribution in [0.15, 0.2) is 59.0 Å². The minimum Gasteiger partial charge on any atom is -0.403 e. The van der Waals surface area contributed by atoms with E-state index in [2.05, 4.69) is 15.5 Å². The number of likely N-dealkylation sites (tertiary alicyclic amines) is 1. The molecule has 1 fully saturated rings. The van der Waals surface area contributed by atoms with Crippen molar-refractivity contribution in [2.45, 2.75) is 19.8 Å². The zero-order valence-electron chi connectivity index (χ0n) is 16.2. The Morgan fingerprint density at radius 1 is 1.00 bits per heavy atom. The number of anilines is 1. The molecule has 7 nitrogen and oxygen atoms in total. The summed E-state index contributed by atoms with van der Waals surface area (Å²) >= 11 is 0. The van der Waals surface area contributed by atoms with Crippen molar-refractivity contribution in [3.63, 3.8) is 0 Å². The third kappa shape index (κ3) is 4.18. The van der Waals surface area contributed by atoms with E-state index in [1.807, 2.05) is 66.4 Å². The number of carbonyl (C=O) groups excluding carboxylic acids is 2. The molecule has 1 N–H and O–H groups in total. The average Bonchev–Trinajstić information content (AvgIpc) is 3.23. The first-order valence-electron chi connectivity index (χ1n) is 9.66. The van der Waals surface area contributed by atoms with Gasteiger partial charge in [0.25, 0.3) is 5.91 Å². The van der Waals surface area contributed by atoms with Crippen molar-refractivity contribution in [3.05, 3.63) is 65.7 Å². The Kier molecular flexibility index (Phi) is 5.37. The van der Waals surface area contributed by atoms with Crippen molar-refractivity contribution in [1.82, 2.24) is 15.1 Å². The van der Waals surface area contributed by atoms with Crippen LogP contribution in [0.4, 0.5) is 6.01 Å². The molecule has 3 aromatic rings. The zero-order valence-corrected chi connectivity index (χ0v) is 16.2. The van der Waals surface area contributed by atoms with E-state index >= 15 is 0 Å². The Labute approximate surface area is 168 Å². The molecule has 1 aliphatic heterocycles. The summed E-state index contributed by atoms with van der Waals surface area (Å²) in [6, 6.07) is 17.0. The number of benzene rings is 2. The fraction of sp³-hybridized carbons (Fsp3) is 0.273. The number of piperidine rings is 1. The highest BCUT2D eigenvalue weighted by Crippen LogP contribution is 2.23. The van der Waals surface area contributed by atoms with Gasteiger partial charge in [-0.3, -0.25) is 14.9 Å². The second kappa shape index (κ2) is 8.26. The quantitative estimate of drug-likeness (QED) is 0.736. The lowest BCUT2D eigenvalue weighted by Gasteiger charge is -2.31. The molecular formula is C22H22N4O3. The fourth-order valence-corrected chi connectivity index (χ4v) is 3.51. The van der Waals surface area contributed by atoms with Gasteiger partial charge in [0.15, 0.2) is 0 Å². The Hall–Kier alpha value is -3.48. The standard InChI is InChI=1S/C22H22N4O3/c1-15-7-5-6-10-18(15)21(28)26-13-11-16(12-14-26)19(27)23-22-25-24-20(29-22)17-8-3-2-4-9-17/h2-10,16H,11-14H2,1H3,(H,23,25,27). The van der Waals surface area contributed by atoms with Crippen molar-refractivity contribution in [1.29, 1.82) is 0 Å². The van der Waals surface area contributed by atoms with Gasteiger partial charge < -0.3 is 9.32 Å². The van der Waals surface area contributed by atoms with E-state index in [1.54, 1.807) is 0 Å². The average molecular weight is 390 g/mol. The van der Waals surface area contributed by atoms with E-state index in [-0.39, 0.29) is 23.7 Å². The Morgan fingerprint density at radius 2 is 1.69 bits per heavy atom. The smallest absolute Gasteiger partial charge is 0.322 e. The molecule has 1 saturated heterocycles. The van der Waals surface area contributed by atoms with E-state index in [0.717, 1.165) is 16.7 Å². The van der Waals surface area contributed by atoms with E-state index < -0.39 is 0 Å². The molecule has 0 bridgehead atoms. The number of aryl methyl sites for hydroxylation is 1. The number of hydrogen-bond donors (Lipinski definition) is 1. The van der Waals surface area contributed by atoms with Gasteiger partial charge in [-0.25, -0.2) is 0 Å². The van der Waals surface area contributed by atoms with E-state index in [1.165, 1.54) is 0 Å². The molecule has 2 amide bonds.